The molecular formula is C17H18BrF2N2O5PS. The molecule has 2 aromatic rings. The zero-order chi connectivity index (χ0) is 21.8. The van der Waals surface area contributed by atoms with Crippen molar-refractivity contribution >= 4 is 50.9 Å². The lowest BCUT2D eigenvalue weighted by Gasteiger charge is -2.16. The Bertz CT molecular complexity index is 1000. The van der Waals surface area contributed by atoms with Gasteiger partial charge in [-0.1, -0.05) is 12.8 Å². The van der Waals surface area contributed by atoms with E-state index < -0.39 is 24.0 Å². The fourth-order valence-corrected chi connectivity index (χ4v) is 5.53. The summed E-state index contributed by atoms with van der Waals surface area (Å²) in [4.78, 5) is 28.8. The van der Waals surface area contributed by atoms with Crippen molar-refractivity contribution in [3.8, 4) is 11.8 Å². The Morgan fingerprint density at radius 2 is 1.97 bits per heavy atom. The number of hydrogen-bond acceptors (Lipinski definition) is 5. The van der Waals surface area contributed by atoms with E-state index in [0.29, 0.717) is 24.2 Å². The second kappa shape index (κ2) is 9.49. The maximum atomic E-state index is 14.3. The van der Waals surface area contributed by atoms with E-state index in [1.54, 1.807) is 0 Å². The molecule has 0 unspecified atom stereocenters. The van der Waals surface area contributed by atoms with Gasteiger partial charge in [0.2, 0.25) is 5.91 Å². The minimum absolute atomic E-state index is 0.0195. The van der Waals surface area contributed by atoms with Crippen LogP contribution in [0.1, 0.15) is 47.3 Å². The van der Waals surface area contributed by atoms with Gasteiger partial charge in [0.1, 0.15) is 10.6 Å². The highest BCUT2D eigenvalue weighted by molar-refractivity contribution is 9.10. The molecular weight excluding hydrogens is 493 g/mol. The van der Waals surface area contributed by atoms with Gasteiger partial charge in [0.05, 0.1) is 17.4 Å². The molecule has 0 spiro atoms. The number of halogens is 3. The number of primary amides is 1. The summed E-state index contributed by atoms with van der Waals surface area (Å²) in [5.41, 5.74) is 0.920. The number of fused-ring (bicyclic) bond motifs is 1. The average molecular weight is 511 g/mol. The second-order valence-corrected chi connectivity index (χ2v) is 9.68. The third kappa shape index (κ3) is 5.32. The summed E-state index contributed by atoms with van der Waals surface area (Å²) < 4.78 is 45.5. The number of nitrogens with zero attached hydrogens (tertiary/aromatic N) is 1. The summed E-state index contributed by atoms with van der Waals surface area (Å²) in [6, 6.07) is 4.65. The molecule has 0 atom stereocenters. The number of rotatable bonds is 10. The lowest BCUT2D eigenvalue weighted by atomic mass is 10.1. The van der Waals surface area contributed by atoms with Gasteiger partial charge in [-0.25, -0.2) is 0 Å². The largest absolute Gasteiger partial charge is 0.492 e. The summed E-state index contributed by atoms with van der Waals surface area (Å²) >= 11 is 3.45. The lowest BCUT2D eigenvalue weighted by Crippen LogP contribution is -2.12. The summed E-state index contributed by atoms with van der Waals surface area (Å²) in [6.07, 6.45) is 3.54. The van der Waals surface area contributed by atoms with E-state index in [4.69, 9.17) is 25.5 Å². The average Bonchev–Trinajstić information content (AvgIpc) is 2.97. The lowest BCUT2D eigenvalue weighted by molar-refractivity contribution is 0.0595. The van der Waals surface area contributed by atoms with E-state index in [9.17, 15) is 18.1 Å². The molecule has 0 aliphatic carbocycles. The number of nitriles is 1. The van der Waals surface area contributed by atoms with Crippen molar-refractivity contribution in [2.24, 2.45) is 5.73 Å². The molecule has 0 aliphatic rings. The van der Waals surface area contributed by atoms with E-state index in [2.05, 4.69) is 22.0 Å². The van der Waals surface area contributed by atoms with Crippen molar-refractivity contribution in [3.05, 3.63) is 27.0 Å². The van der Waals surface area contributed by atoms with Crippen molar-refractivity contribution in [2.45, 2.75) is 37.8 Å². The van der Waals surface area contributed by atoms with Gasteiger partial charge in [-0.05, 0) is 40.9 Å². The molecule has 2 rings (SSSR count). The molecule has 1 amide bonds. The number of carbonyl (C=O) groups is 1. The molecule has 0 bridgehead atoms. The van der Waals surface area contributed by atoms with E-state index >= 15 is 0 Å². The first-order chi connectivity index (χ1) is 13.5. The van der Waals surface area contributed by atoms with Crippen LogP contribution in [0, 0.1) is 11.3 Å². The Morgan fingerprint density at radius 3 is 2.55 bits per heavy atom. The monoisotopic (exact) mass is 510 g/mol. The molecule has 0 radical (unpaired) electrons. The number of unbranched alkanes of at least 4 members (excludes halogenated alkanes) is 4. The van der Waals surface area contributed by atoms with Crippen LogP contribution < -0.4 is 10.5 Å². The van der Waals surface area contributed by atoms with Gasteiger partial charge >= 0.3 is 13.3 Å². The van der Waals surface area contributed by atoms with Crippen LogP contribution in [0.3, 0.4) is 0 Å². The van der Waals surface area contributed by atoms with Crippen LogP contribution in [0.5, 0.6) is 5.75 Å². The highest BCUT2D eigenvalue weighted by Crippen LogP contribution is 2.63. The highest BCUT2D eigenvalue weighted by Gasteiger charge is 2.53. The van der Waals surface area contributed by atoms with E-state index in [-0.39, 0.29) is 32.5 Å². The molecule has 29 heavy (non-hydrogen) atoms. The second-order valence-electron chi connectivity index (χ2n) is 6.22. The van der Waals surface area contributed by atoms with E-state index in [1.807, 2.05) is 0 Å². The van der Waals surface area contributed by atoms with Crippen molar-refractivity contribution in [1.82, 2.24) is 0 Å². The van der Waals surface area contributed by atoms with Crippen LogP contribution in [0.4, 0.5) is 8.78 Å². The smallest absolute Gasteiger partial charge is 0.400 e. The van der Waals surface area contributed by atoms with Crippen LogP contribution in [0.2, 0.25) is 0 Å². The van der Waals surface area contributed by atoms with Crippen molar-refractivity contribution in [2.75, 3.05) is 6.61 Å². The van der Waals surface area contributed by atoms with Crippen LogP contribution in [-0.2, 0) is 10.2 Å². The third-order valence-electron chi connectivity index (χ3n) is 4.06. The van der Waals surface area contributed by atoms with Crippen LogP contribution in [0.25, 0.3) is 10.1 Å². The van der Waals surface area contributed by atoms with Gasteiger partial charge < -0.3 is 20.3 Å². The SMILES string of the molecule is N#CCCCCCCOc1cc(C(N)=O)cc2c(Br)c(C(F)(F)P(=O)(O)O)sc12. The van der Waals surface area contributed by atoms with E-state index in [0.717, 1.165) is 19.3 Å². The summed E-state index contributed by atoms with van der Waals surface area (Å²) in [5.74, 6) is -0.665. The number of ether oxygens (including phenoxy) is 1. The quantitative estimate of drug-likeness (QED) is 0.309. The third-order valence-corrected chi connectivity index (χ3v) is 7.54. The summed E-state index contributed by atoms with van der Waals surface area (Å²) in [5, 5.41) is 8.65. The maximum Gasteiger partial charge on any atom is 0.400 e. The number of nitrogens with two attached hydrogens (primary N) is 1. The Morgan fingerprint density at radius 1 is 1.31 bits per heavy atom. The van der Waals surface area contributed by atoms with Crippen LogP contribution in [0.15, 0.2) is 16.6 Å². The molecule has 1 aromatic heterocycles. The van der Waals surface area contributed by atoms with Gasteiger partial charge in [0, 0.05) is 21.8 Å². The van der Waals surface area contributed by atoms with Crippen molar-refractivity contribution in [3.63, 3.8) is 0 Å². The van der Waals surface area contributed by atoms with Gasteiger partial charge in [-0.2, -0.15) is 14.0 Å². The number of amides is 1. The van der Waals surface area contributed by atoms with Crippen molar-refractivity contribution < 1.29 is 32.7 Å². The molecule has 4 N–H and O–H groups in total. The minimum atomic E-state index is -5.77. The first kappa shape index (κ1) is 23.7. The molecule has 0 saturated heterocycles. The number of thiophene rings is 1. The predicted octanol–water partition coefficient (Wildman–Crippen LogP) is 4.84. The van der Waals surface area contributed by atoms with Crippen LogP contribution in [-0.4, -0.2) is 22.3 Å². The Labute approximate surface area is 177 Å². The first-order valence-electron chi connectivity index (χ1n) is 8.50. The minimum Gasteiger partial charge on any atom is -0.492 e. The highest BCUT2D eigenvalue weighted by atomic mass is 79.9. The van der Waals surface area contributed by atoms with Crippen LogP contribution >= 0.6 is 34.9 Å². The Kier molecular flexibility index (Phi) is 7.76. The predicted molar refractivity (Wildman–Crippen MR) is 108 cm³/mol. The van der Waals surface area contributed by atoms with Gasteiger partial charge in [-0.3, -0.25) is 9.36 Å². The molecule has 0 fully saturated rings. The zero-order valence-corrected chi connectivity index (χ0v) is 18.3. The Hall–Kier alpha value is -1.57. The summed E-state index contributed by atoms with van der Waals surface area (Å²) in [7, 11) is -5.77. The number of carbonyl (C=O) groups excluding carboxylic acids is 1. The van der Waals surface area contributed by atoms with Gasteiger partial charge in [0.25, 0.3) is 0 Å². The fourth-order valence-electron chi connectivity index (χ4n) is 2.56. The van der Waals surface area contributed by atoms with Gasteiger partial charge in [-0.15, -0.1) is 11.3 Å². The normalized spacial score (nSPS) is 12.1. The number of alkyl halides is 2. The molecule has 7 nitrogen and oxygen atoms in total. The number of hydrogen-bond donors (Lipinski definition) is 3. The topological polar surface area (TPSA) is 134 Å². The molecule has 0 aliphatic heterocycles. The molecule has 1 aromatic carbocycles. The molecule has 158 valence electrons. The maximum absolute atomic E-state index is 14.3. The molecule has 12 heteroatoms. The number of benzene rings is 1. The van der Waals surface area contributed by atoms with Gasteiger partial charge in [0.15, 0.2) is 0 Å². The zero-order valence-electron chi connectivity index (χ0n) is 15.0. The van der Waals surface area contributed by atoms with Crippen molar-refractivity contribution in [1.29, 1.82) is 5.26 Å². The standard InChI is InChI=1S/C17H18BrF2N2O5PS/c18-13-11-8-10(16(22)23)9-12(27-7-5-3-1-2-4-6-21)14(11)29-15(13)17(19,20)28(24,25)26/h8-9H,1-5,7H2,(H2,22,23)(H2,24,25,26). The first-order valence-corrected chi connectivity index (χ1v) is 11.7. The summed E-state index contributed by atoms with van der Waals surface area (Å²) in [6.45, 7) is 0.240. The molecule has 0 saturated carbocycles. The fraction of sp³-hybridized carbons (Fsp3) is 0.412. The molecule has 1 heterocycles. The van der Waals surface area contributed by atoms with E-state index in [1.165, 1.54) is 12.1 Å². The Balaban J connectivity index is 2.37.